The van der Waals surface area contributed by atoms with Gasteiger partial charge >= 0.3 is 0 Å². The Kier molecular flexibility index (Phi) is 4.93. The highest BCUT2D eigenvalue weighted by atomic mass is 35.5. The van der Waals surface area contributed by atoms with Crippen LogP contribution in [0, 0.1) is 0 Å². The molecule has 17 heavy (non-hydrogen) atoms. The maximum atomic E-state index is 12.2. The van der Waals surface area contributed by atoms with Crippen molar-refractivity contribution in [1.29, 1.82) is 0 Å². The molecule has 8 heteroatoms. The smallest absolute Gasteiger partial charge is 0.260 e. The van der Waals surface area contributed by atoms with Gasteiger partial charge in [0, 0.05) is 25.7 Å². The molecule has 0 fully saturated rings. The third-order valence-electron chi connectivity index (χ3n) is 2.35. The van der Waals surface area contributed by atoms with Crippen molar-refractivity contribution >= 4 is 21.6 Å². The van der Waals surface area contributed by atoms with Crippen LogP contribution in [0.25, 0.3) is 0 Å². The quantitative estimate of drug-likeness (QED) is 0.763. The minimum absolute atomic E-state index is 0.0776. The zero-order chi connectivity index (χ0) is 13.1. The van der Waals surface area contributed by atoms with Gasteiger partial charge < -0.3 is 4.90 Å². The number of nitrogens with one attached hydrogen (secondary N) is 1. The first kappa shape index (κ1) is 14.4. The van der Waals surface area contributed by atoms with Gasteiger partial charge in [0.15, 0.2) is 5.03 Å². The lowest BCUT2D eigenvalue weighted by atomic mass is 10.4. The number of sulfonamides is 1. The van der Waals surface area contributed by atoms with Gasteiger partial charge in [-0.1, -0.05) is 0 Å². The molecular formula is C9H17ClN4O2S. The maximum Gasteiger partial charge on any atom is 0.260 e. The summed E-state index contributed by atoms with van der Waals surface area (Å²) < 4.78 is 25.6. The molecule has 0 saturated carbocycles. The van der Waals surface area contributed by atoms with E-state index < -0.39 is 10.0 Å². The number of halogens is 1. The van der Waals surface area contributed by atoms with Crippen LogP contribution >= 0.6 is 11.6 Å². The first-order valence-corrected chi connectivity index (χ1v) is 7.06. The standard InChI is InChI=1S/C9H17ClN4O2S/c1-13(2)4-5-14(3)17(15,16)9-8(6-10)7-11-12-9/h7H,4-6H2,1-3H3,(H,11,12). The predicted molar refractivity (Wildman–Crippen MR) is 66.5 cm³/mol. The second kappa shape index (κ2) is 5.81. The van der Waals surface area contributed by atoms with E-state index in [2.05, 4.69) is 10.2 Å². The fourth-order valence-corrected chi connectivity index (χ4v) is 2.77. The van der Waals surface area contributed by atoms with E-state index in [1.54, 1.807) is 0 Å². The van der Waals surface area contributed by atoms with Crippen LogP contribution in [0.15, 0.2) is 11.2 Å². The average Bonchev–Trinajstić information content (AvgIpc) is 2.74. The Hall–Kier alpha value is -0.630. The lowest BCUT2D eigenvalue weighted by molar-refractivity contribution is 0.357. The molecule has 6 nitrogen and oxygen atoms in total. The monoisotopic (exact) mass is 280 g/mol. The van der Waals surface area contributed by atoms with E-state index in [1.165, 1.54) is 17.5 Å². The highest BCUT2D eigenvalue weighted by Gasteiger charge is 2.25. The average molecular weight is 281 g/mol. The summed E-state index contributed by atoms with van der Waals surface area (Å²) >= 11 is 5.66. The summed E-state index contributed by atoms with van der Waals surface area (Å²) in [6.07, 6.45) is 1.43. The number of rotatable bonds is 6. The van der Waals surface area contributed by atoms with E-state index in [0.29, 0.717) is 18.7 Å². The van der Waals surface area contributed by atoms with Gasteiger partial charge in [-0.3, -0.25) is 5.10 Å². The van der Waals surface area contributed by atoms with Gasteiger partial charge in [0.1, 0.15) is 0 Å². The van der Waals surface area contributed by atoms with E-state index in [0.717, 1.165) is 0 Å². The number of hydrogen-bond donors (Lipinski definition) is 1. The zero-order valence-electron chi connectivity index (χ0n) is 10.1. The van der Waals surface area contributed by atoms with Crippen LogP contribution in [0.3, 0.4) is 0 Å². The highest BCUT2D eigenvalue weighted by molar-refractivity contribution is 7.89. The molecule has 1 aromatic heterocycles. The fourth-order valence-electron chi connectivity index (χ4n) is 1.23. The number of nitrogens with zero attached hydrogens (tertiary/aromatic N) is 3. The van der Waals surface area contributed by atoms with Crippen molar-refractivity contribution in [2.75, 3.05) is 34.2 Å². The van der Waals surface area contributed by atoms with Crippen LogP contribution in [0.1, 0.15) is 5.56 Å². The summed E-state index contributed by atoms with van der Waals surface area (Å²) in [6, 6.07) is 0. The molecule has 98 valence electrons. The van der Waals surface area contributed by atoms with Gasteiger partial charge in [-0.25, -0.2) is 8.42 Å². The van der Waals surface area contributed by atoms with E-state index in [1.807, 2.05) is 19.0 Å². The van der Waals surface area contributed by atoms with Crippen molar-refractivity contribution in [2.45, 2.75) is 10.9 Å². The molecular weight excluding hydrogens is 264 g/mol. The largest absolute Gasteiger partial charge is 0.308 e. The van der Waals surface area contributed by atoms with Crippen LogP contribution < -0.4 is 0 Å². The molecule has 0 atom stereocenters. The molecule has 0 bridgehead atoms. The summed E-state index contributed by atoms with van der Waals surface area (Å²) in [5, 5.41) is 6.28. The van der Waals surface area contributed by atoms with Crippen molar-refractivity contribution in [3.8, 4) is 0 Å². The van der Waals surface area contributed by atoms with Gasteiger partial charge in [-0.05, 0) is 14.1 Å². The predicted octanol–water partition coefficient (Wildman–Crippen LogP) is 0.331. The molecule has 0 aliphatic heterocycles. The Morgan fingerprint density at radius 2 is 2.00 bits per heavy atom. The molecule has 0 radical (unpaired) electrons. The molecule has 0 aliphatic rings. The van der Waals surface area contributed by atoms with Crippen molar-refractivity contribution in [2.24, 2.45) is 0 Å². The molecule has 1 heterocycles. The first-order chi connectivity index (χ1) is 7.89. The van der Waals surface area contributed by atoms with Gasteiger partial charge in [0.25, 0.3) is 10.0 Å². The Labute approximate surface area is 107 Å². The van der Waals surface area contributed by atoms with Crippen molar-refractivity contribution in [3.05, 3.63) is 11.8 Å². The molecule has 0 unspecified atom stereocenters. The van der Waals surface area contributed by atoms with E-state index in [4.69, 9.17) is 11.6 Å². The van der Waals surface area contributed by atoms with Gasteiger partial charge in [0.05, 0.1) is 12.1 Å². The molecule has 0 saturated heterocycles. The summed E-state index contributed by atoms with van der Waals surface area (Å²) in [4.78, 5) is 1.92. The molecule has 0 aliphatic carbocycles. The van der Waals surface area contributed by atoms with Crippen molar-refractivity contribution < 1.29 is 8.42 Å². The van der Waals surface area contributed by atoms with Crippen LogP contribution in [-0.4, -0.2) is 62.1 Å². The summed E-state index contributed by atoms with van der Waals surface area (Å²) in [7, 11) is 1.79. The SMILES string of the molecule is CN(C)CCN(C)S(=O)(=O)c1[nH]ncc1CCl. The summed E-state index contributed by atoms with van der Waals surface area (Å²) in [5.74, 6) is 0.118. The van der Waals surface area contributed by atoms with E-state index in [-0.39, 0.29) is 10.9 Å². The molecule has 1 aromatic rings. The van der Waals surface area contributed by atoms with Crippen LogP contribution in [0.2, 0.25) is 0 Å². The van der Waals surface area contributed by atoms with Gasteiger partial charge in [-0.15, -0.1) is 11.6 Å². The first-order valence-electron chi connectivity index (χ1n) is 5.09. The number of alkyl halides is 1. The minimum atomic E-state index is -3.53. The fraction of sp³-hybridized carbons (Fsp3) is 0.667. The third kappa shape index (κ3) is 3.41. The van der Waals surface area contributed by atoms with Crippen LogP contribution in [0.5, 0.6) is 0 Å². The third-order valence-corrected chi connectivity index (χ3v) is 4.51. The van der Waals surface area contributed by atoms with Crippen molar-refractivity contribution in [1.82, 2.24) is 19.4 Å². The number of hydrogen-bond acceptors (Lipinski definition) is 4. The number of H-pyrrole nitrogens is 1. The van der Waals surface area contributed by atoms with Crippen molar-refractivity contribution in [3.63, 3.8) is 0 Å². The lowest BCUT2D eigenvalue weighted by Gasteiger charge is -2.18. The normalized spacial score (nSPS) is 12.6. The van der Waals surface area contributed by atoms with Gasteiger partial charge in [0.2, 0.25) is 0 Å². The Morgan fingerprint density at radius 1 is 1.35 bits per heavy atom. The maximum absolute atomic E-state index is 12.2. The second-order valence-corrected chi connectivity index (χ2v) is 6.24. The molecule has 1 N–H and O–H groups in total. The number of aromatic nitrogens is 2. The van der Waals surface area contributed by atoms with Crippen LogP contribution in [-0.2, 0) is 15.9 Å². The highest BCUT2D eigenvalue weighted by Crippen LogP contribution is 2.17. The van der Waals surface area contributed by atoms with E-state index in [9.17, 15) is 8.42 Å². The molecule has 0 aromatic carbocycles. The minimum Gasteiger partial charge on any atom is -0.308 e. The number of aromatic amines is 1. The second-order valence-electron chi connectivity index (χ2n) is 3.99. The molecule has 0 amide bonds. The molecule has 1 rings (SSSR count). The Morgan fingerprint density at radius 3 is 2.53 bits per heavy atom. The van der Waals surface area contributed by atoms with Crippen LogP contribution in [0.4, 0.5) is 0 Å². The Bertz CT molecular complexity index is 457. The zero-order valence-corrected chi connectivity index (χ0v) is 11.7. The molecule has 0 spiro atoms. The van der Waals surface area contributed by atoms with Gasteiger partial charge in [-0.2, -0.15) is 9.40 Å². The Balaban J connectivity index is 2.88. The van der Waals surface area contributed by atoms with E-state index >= 15 is 0 Å². The summed E-state index contributed by atoms with van der Waals surface area (Å²) in [6.45, 7) is 1.07. The lowest BCUT2D eigenvalue weighted by Crippen LogP contribution is -2.34. The summed E-state index contributed by atoms with van der Waals surface area (Å²) in [5.41, 5.74) is 0.489. The number of likely N-dealkylation sites (N-methyl/N-ethyl adjacent to an activating group) is 2. The topological polar surface area (TPSA) is 69.3 Å².